The van der Waals surface area contributed by atoms with Gasteiger partial charge in [-0.1, -0.05) is 52.0 Å². The van der Waals surface area contributed by atoms with Gasteiger partial charge in [0.2, 0.25) is 5.91 Å². The Labute approximate surface area is 159 Å². The van der Waals surface area contributed by atoms with E-state index in [9.17, 15) is 4.79 Å². The molecule has 0 bridgehead atoms. The van der Waals surface area contributed by atoms with E-state index in [1.54, 1.807) is 0 Å². The van der Waals surface area contributed by atoms with Gasteiger partial charge in [-0.05, 0) is 36.8 Å². The average molecular weight is 417 g/mol. The maximum absolute atomic E-state index is 12.1. The molecule has 3 rings (SSSR count). The van der Waals surface area contributed by atoms with Gasteiger partial charge >= 0.3 is 0 Å². The van der Waals surface area contributed by atoms with Crippen molar-refractivity contribution in [3.05, 3.63) is 58.6 Å². The highest BCUT2D eigenvalue weighted by Gasteiger charge is 2.13. The molecule has 128 valence electrons. The number of carbonyl (C=O) groups is 1. The van der Waals surface area contributed by atoms with Crippen molar-refractivity contribution in [1.29, 1.82) is 0 Å². The van der Waals surface area contributed by atoms with Crippen LogP contribution >= 0.6 is 27.7 Å². The van der Waals surface area contributed by atoms with Crippen LogP contribution in [0, 0.1) is 6.92 Å². The second-order valence-electron chi connectivity index (χ2n) is 5.58. The predicted molar refractivity (Wildman–Crippen MR) is 105 cm³/mol. The predicted octanol–water partition coefficient (Wildman–Crippen LogP) is 4.28. The van der Waals surface area contributed by atoms with Crippen molar-refractivity contribution in [1.82, 2.24) is 14.8 Å². The van der Waals surface area contributed by atoms with Crippen LogP contribution < -0.4 is 5.32 Å². The van der Waals surface area contributed by atoms with E-state index in [2.05, 4.69) is 31.4 Å². The van der Waals surface area contributed by atoms with Crippen LogP contribution in [-0.4, -0.2) is 26.4 Å². The van der Waals surface area contributed by atoms with Gasteiger partial charge in [-0.15, -0.1) is 10.2 Å². The monoisotopic (exact) mass is 416 g/mol. The van der Waals surface area contributed by atoms with Gasteiger partial charge in [0.15, 0.2) is 11.0 Å². The third-order valence-corrected chi connectivity index (χ3v) is 5.12. The van der Waals surface area contributed by atoms with Gasteiger partial charge < -0.3 is 9.88 Å². The van der Waals surface area contributed by atoms with Crippen LogP contribution in [0.4, 0.5) is 5.69 Å². The zero-order chi connectivity index (χ0) is 17.8. The van der Waals surface area contributed by atoms with Crippen LogP contribution in [0.15, 0.2) is 58.2 Å². The minimum Gasteiger partial charge on any atom is -0.325 e. The lowest BCUT2D eigenvalue weighted by Gasteiger charge is -2.06. The molecule has 0 fully saturated rings. The molecule has 5 nitrogen and oxygen atoms in total. The van der Waals surface area contributed by atoms with Gasteiger partial charge in [0.1, 0.15) is 0 Å². The molecule has 0 aliphatic rings. The summed E-state index contributed by atoms with van der Waals surface area (Å²) in [5, 5.41) is 12.0. The first-order valence-corrected chi connectivity index (χ1v) is 9.45. The van der Waals surface area contributed by atoms with Crippen LogP contribution in [0.25, 0.3) is 11.4 Å². The maximum atomic E-state index is 12.1. The number of hydrogen-bond acceptors (Lipinski definition) is 4. The third-order valence-electron chi connectivity index (χ3n) is 3.57. The number of carbonyl (C=O) groups excluding carboxylic acids is 1. The number of thioether (sulfide) groups is 1. The van der Waals surface area contributed by atoms with E-state index in [1.807, 2.05) is 67.1 Å². The van der Waals surface area contributed by atoms with Crippen molar-refractivity contribution in [2.24, 2.45) is 7.05 Å². The molecule has 0 unspecified atom stereocenters. The Morgan fingerprint density at radius 2 is 1.96 bits per heavy atom. The van der Waals surface area contributed by atoms with E-state index in [1.165, 1.54) is 11.8 Å². The standard InChI is InChI=1S/C18H17BrN4OS/c1-12-4-3-5-15(10-12)20-16(24)11-25-18-22-21-17(23(18)2)13-6-8-14(19)9-7-13/h3-10H,11H2,1-2H3,(H,20,24). The molecule has 3 aromatic rings. The maximum Gasteiger partial charge on any atom is 0.234 e. The summed E-state index contributed by atoms with van der Waals surface area (Å²) in [6.45, 7) is 1.99. The summed E-state index contributed by atoms with van der Waals surface area (Å²) >= 11 is 4.79. The Balaban J connectivity index is 1.64. The molecule has 0 aliphatic carbocycles. The van der Waals surface area contributed by atoms with Crippen molar-refractivity contribution in [3.63, 3.8) is 0 Å². The van der Waals surface area contributed by atoms with Crippen molar-refractivity contribution in [2.75, 3.05) is 11.1 Å². The van der Waals surface area contributed by atoms with Gasteiger partial charge in [0, 0.05) is 22.8 Å². The molecular weight excluding hydrogens is 400 g/mol. The van der Waals surface area contributed by atoms with Gasteiger partial charge in [-0.25, -0.2) is 0 Å². The largest absolute Gasteiger partial charge is 0.325 e. The van der Waals surface area contributed by atoms with Crippen LogP contribution in [-0.2, 0) is 11.8 Å². The lowest BCUT2D eigenvalue weighted by Crippen LogP contribution is -2.14. The minimum atomic E-state index is -0.0659. The number of anilines is 1. The van der Waals surface area contributed by atoms with E-state index < -0.39 is 0 Å². The number of nitrogens with one attached hydrogen (secondary N) is 1. The van der Waals surface area contributed by atoms with Crippen LogP contribution in [0.3, 0.4) is 0 Å². The van der Waals surface area contributed by atoms with Gasteiger partial charge in [0.05, 0.1) is 5.75 Å². The molecule has 0 radical (unpaired) electrons. The SMILES string of the molecule is Cc1cccc(NC(=O)CSc2nnc(-c3ccc(Br)cc3)n2C)c1. The highest BCUT2D eigenvalue weighted by atomic mass is 79.9. The lowest BCUT2D eigenvalue weighted by atomic mass is 10.2. The third kappa shape index (κ3) is 4.49. The summed E-state index contributed by atoms with van der Waals surface area (Å²) in [6, 6.07) is 15.6. The fraction of sp³-hybridized carbons (Fsp3) is 0.167. The molecule has 1 heterocycles. The Kier molecular flexibility index (Phi) is 5.55. The van der Waals surface area contributed by atoms with E-state index in [-0.39, 0.29) is 11.7 Å². The number of amides is 1. The molecule has 25 heavy (non-hydrogen) atoms. The Morgan fingerprint density at radius 3 is 2.68 bits per heavy atom. The fourth-order valence-corrected chi connectivity index (χ4v) is 3.32. The van der Waals surface area contributed by atoms with E-state index in [0.29, 0.717) is 5.16 Å². The summed E-state index contributed by atoms with van der Waals surface area (Å²) in [5.74, 6) is 0.984. The summed E-state index contributed by atoms with van der Waals surface area (Å²) in [7, 11) is 1.90. The quantitative estimate of drug-likeness (QED) is 0.630. The van der Waals surface area contributed by atoms with Gasteiger partial charge in [0.25, 0.3) is 0 Å². The molecule has 0 aliphatic heterocycles. The van der Waals surface area contributed by atoms with Crippen LogP contribution in [0.5, 0.6) is 0 Å². The summed E-state index contributed by atoms with van der Waals surface area (Å²) in [5.41, 5.74) is 2.89. The molecule has 1 amide bonds. The summed E-state index contributed by atoms with van der Waals surface area (Å²) < 4.78 is 2.91. The van der Waals surface area contributed by atoms with Crippen molar-refractivity contribution in [2.45, 2.75) is 12.1 Å². The van der Waals surface area contributed by atoms with Crippen molar-refractivity contribution >= 4 is 39.3 Å². The number of halogens is 1. The Morgan fingerprint density at radius 1 is 1.20 bits per heavy atom. The number of aromatic nitrogens is 3. The zero-order valence-corrected chi connectivity index (χ0v) is 16.3. The lowest BCUT2D eigenvalue weighted by molar-refractivity contribution is -0.113. The number of rotatable bonds is 5. The summed E-state index contributed by atoms with van der Waals surface area (Å²) in [6.07, 6.45) is 0. The van der Waals surface area contributed by atoms with Gasteiger partial charge in [-0.2, -0.15) is 0 Å². The Hall–Kier alpha value is -2.12. The number of hydrogen-bond donors (Lipinski definition) is 1. The minimum absolute atomic E-state index is 0.0659. The van der Waals surface area contributed by atoms with Crippen molar-refractivity contribution < 1.29 is 4.79 Å². The molecule has 0 saturated carbocycles. The van der Waals surface area contributed by atoms with Crippen molar-refractivity contribution in [3.8, 4) is 11.4 Å². The molecule has 0 spiro atoms. The average Bonchev–Trinajstić information content (AvgIpc) is 2.94. The normalized spacial score (nSPS) is 10.7. The molecule has 0 atom stereocenters. The first-order chi connectivity index (χ1) is 12.0. The molecule has 1 N–H and O–H groups in total. The second kappa shape index (κ2) is 7.84. The van der Waals surface area contributed by atoms with E-state index in [0.717, 1.165) is 27.1 Å². The highest BCUT2D eigenvalue weighted by Crippen LogP contribution is 2.24. The van der Waals surface area contributed by atoms with E-state index in [4.69, 9.17) is 0 Å². The molecular formula is C18H17BrN4OS. The molecule has 7 heteroatoms. The molecule has 0 saturated heterocycles. The first kappa shape index (κ1) is 17.7. The van der Waals surface area contributed by atoms with Gasteiger partial charge in [-0.3, -0.25) is 4.79 Å². The van der Waals surface area contributed by atoms with E-state index >= 15 is 0 Å². The number of aryl methyl sites for hydroxylation is 1. The van der Waals surface area contributed by atoms with Crippen LogP contribution in [0.2, 0.25) is 0 Å². The zero-order valence-electron chi connectivity index (χ0n) is 13.9. The highest BCUT2D eigenvalue weighted by molar-refractivity contribution is 9.10. The Bertz CT molecular complexity index is 892. The summed E-state index contributed by atoms with van der Waals surface area (Å²) in [4.78, 5) is 12.1. The second-order valence-corrected chi connectivity index (χ2v) is 7.44. The smallest absolute Gasteiger partial charge is 0.234 e. The van der Waals surface area contributed by atoms with Crippen LogP contribution in [0.1, 0.15) is 5.56 Å². The number of benzene rings is 2. The molecule has 2 aromatic carbocycles. The fourth-order valence-electron chi connectivity index (χ4n) is 2.34. The molecule has 1 aromatic heterocycles. The first-order valence-electron chi connectivity index (χ1n) is 7.67. The number of nitrogens with zero attached hydrogens (tertiary/aromatic N) is 3. The topological polar surface area (TPSA) is 59.8 Å².